The molecule has 0 spiro atoms. The van der Waals surface area contributed by atoms with Crippen LogP contribution in [0.4, 0.5) is 0 Å². The summed E-state index contributed by atoms with van der Waals surface area (Å²) in [5.74, 6) is -0.364. The monoisotopic (exact) mass is 186 g/mol. The molecule has 2 unspecified atom stereocenters. The van der Waals surface area contributed by atoms with E-state index in [0.29, 0.717) is 13.0 Å². The van der Waals surface area contributed by atoms with E-state index in [9.17, 15) is 4.79 Å². The van der Waals surface area contributed by atoms with Crippen LogP contribution in [0, 0.1) is 0 Å². The topological polar surface area (TPSA) is 55.8 Å². The van der Waals surface area contributed by atoms with Crippen molar-refractivity contribution in [2.45, 2.75) is 25.6 Å². The summed E-state index contributed by atoms with van der Waals surface area (Å²) in [6, 6.07) is 0. The Hall–Kier alpha value is -0.870. The number of aliphatic hydroxyl groups excluding tert-OH is 1. The molecule has 1 aliphatic rings. The molecule has 0 amide bonds. The zero-order valence-electron chi connectivity index (χ0n) is 7.60. The lowest BCUT2D eigenvalue weighted by Crippen LogP contribution is -2.18. The van der Waals surface area contributed by atoms with Gasteiger partial charge in [0.1, 0.15) is 6.61 Å². The zero-order chi connectivity index (χ0) is 9.68. The fourth-order valence-electron chi connectivity index (χ4n) is 1.15. The second kappa shape index (κ2) is 4.99. The molecule has 2 atom stereocenters. The van der Waals surface area contributed by atoms with Gasteiger partial charge in [-0.3, -0.25) is 0 Å². The third-order valence-corrected chi connectivity index (χ3v) is 1.74. The van der Waals surface area contributed by atoms with Gasteiger partial charge in [0, 0.05) is 6.42 Å². The second-order valence-corrected chi connectivity index (χ2v) is 2.84. The molecule has 1 rings (SSSR count). The van der Waals surface area contributed by atoms with Gasteiger partial charge in [0.2, 0.25) is 0 Å². The molecule has 74 valence electrons. The van der Waals surface area contributed by atoms with Crippen LogP contribution in [0.3, 0.4) is 0 Å². The minimum atomic E-state index is -0.438. The van der Waals surface area contributed by atoms with E-state index in [4.69, 9.17) is 9.84 Å². The Balaban J connectivity index is 2.13. The van der Waals surface area contributed by atoms with Crippen molar-refractivity contribution in [3.05, 3.63) is 12.2 Å². The maximum atomic E-state index is 10.8. The molecule has 4 nitrogen and oxygen atoms in total. The number of hydrogen-bond donors (Lipinski definition) is 1. The van der Waals surface area contributed by atoms with E-state index >= 15 is 0 Å². The zero-order valence-corrected chi connectivity index (χ0v) is 7.60. The Kier molecular flexibility index (Phi) is 3.92. The molecular formula is C9H14O4. The molecule has 0 heterocycles. The molecule has 1 aliphatic carbocycles. The third-order valence-electron chi connectivity index (χ3n) is 1.74. The highest BCUT2D eigenvalue weighted by molar-refractivity contribution is 5.70. The van der Waals surface area contributed by atoms with Crippen LogP contribution in [0.5, 0.6) is 0 Å². The van der Waals surface area contributed by atoms with Crippen LogP contribution < -0.4 is 0 Å². The molecule has 4 heteroatoms. The normalized spacial score (nSPS) is 26.3. The summed E-state index contributed by atoms with van der Waals surface area (Å²) in [7, 11) is 0. The lowest BCUT2D eigenvalue weighted by Gasteiger charge is -2.09. The minimum Gasteiger partial charge on any atom is -0.464 e. The number of aliphatic hydroxyl groups is 1. The molecule has 13 heavy (non-hydrogen) atoms. The first-order valence-corrected chi connectivity index (χ1v) is 4.36. The maximum Gasteiger partial charge on any atom is 0.332 e. The lowest BCUT2D eigenvalue weighted by molar-refractivity contribution is -0.149. The molecule has 0 aromatic carbocycles. The Labute approximate surface area is 77.1 Å². The van der Waals surface area contributed by atoms with Gasteiger partial charge in [0.05, 0.1) is 18.8 Å². The van der Waals surface area contributed by atoms with Gasteiger partial charge in [-0.25, -0.2) is 4.79 Å². The summed E-state index contributed by atoms with van der Waals surface area (Å²) < 4.78 is 9.84. The standard InChI is InChI=1S/C9H14O4/c1-2-12-9(11)6-13-8-4-3-7(10)5-8/h3-4,7-8,10H,2,5-6H2,1H3. The van der Waals surface area contributed by atoms with Crippen molar-refractivity contribution in [2.24, 2.45) is 0 Å². The molecule has 0 bridgehead atoms. The van der Waals surface area contributed by atoms with Crippen molar-refractivity contribution in [3.8, 4) is 0 Å². The Morgan fingerprint density at radius 2 is 2.38 bits per heavy atom. The molecule has 0 radical (unpaired) electrons. The van der Waals surface area contributed by atoms with E-state index in [2.05, 4.69) is 4.74 Å². The predicted molar refractivity (Wildman–Crippen MR) is 46.1 cm³/mol. The quantitative estimate of drug-likeness (QED) is 0.505. The molecule has 0 aromatic heterocycles. The van der Waals surface area contributed by atoms with Crippen molar-refractivity contribution in [2.75, 3.05) is 13.2 Å². The van der Waals surface area contributed by atoms with E-state index in [1.807, 2.05) is 0 Å². The van der Waals surface area contributed by atoms with Crippen LogP contribution in [-0.4, -0.2) is 36.5 Å². The van der Waals surface area contributed by atoms with Crippen LogP contribution >= 0.6 is 0 Å². The fourth-order valence-corrected chi connectivity index (χ4v) is 1.15. The summed E-state index contributed by atoms with van der Waals surface area (Å²) >= 11 is 0. The minimum absolute atomic E-state index is 0.0461. The Bertz CT molecular complexity index is 200. The van der Waals surface area contributed by atoms with Gasteiger partial charge in [-0.05, 0) is 6.92 Å². The van der Waals surface area contributed by atoms with Gasteiger partial charge in [-0.1, -0.05) is 12.2 Å². The van der Waals surface area contributed by atoms with E-state index < -0.39 is 6.10 Å². The Morgan fingerprint density at radius 3 is 2.92 bits per heavy atom. The Morgan fingerprint density at radius 1 is 1.62 bits per heavy atom. The molecule has 1 N–H and O–H groups in total. The molecular weight excluding hydrogens is 172 g/mol. The highest BCUT2D eigenvalue weighted by Gasteiger charge is 2.17. The summed E-state index contributed by atoms with van der Waals surface area (Å²) in [5.41, 5.74) is 0. The molecule has 0 aromatic rings. The van der Waals surface area contributed by atoms with Crippen LogP contribution in [-0.2, 0) is 14.3 Å². The van der Waals surface area contributed by atoms with E-state index in [0.717, 1.165) is 0 Å². The predicted octanol–water partition coefficient (Wildman–Crippen LogP) is 0.255. The van der Waals surface area contributed by atoms with E-state index in [1.54, 1.807) is 19.1 Å². The van der Waals surface area contributed by atoms with Crippen LogP contribution in [0.15, 0.2) is 12.2 Å². The SMILES string of the molecule is CCOC(=O)COC1C=CC(O)C1. The smallest absolute Gasteiger partial charge is 0.332 e. The number of carbonyl (C=O) groups excluding carboxylic acids is 1. The summed E-state index contributed by atoms with van der Waals surface area (Å²) in [6.07, 6.45) is 3.35. The van der Waals surface area contributed by atoms with Crippen molar-refractivity contribution in [1.82, 2.24) is 0 Å². The largest absolute Gasteiger partial charge is 0.464 e. The van der Waals surface area contributed by atoms with Gasteiger partial charge in [-0.15, -0.1) is 0 Å². The maximum absolute atomic E-state index is 10.8. The van der Waals surface area contributed by atoms with Crippen molar-refractivity contribution in [3.63, 3.8) is 0 Å². The third kappa shape index (κ3) is 3.57. The summed E-state index contributed by atoms with van der Waals surface area (Å²) in [6.45, 7) is 2.07. The molecule has 0 fully saturated rings. The van der Waals surface area contributed by atoms with Crippen molar-refractivity contribution in [1.29, 1.82) is 0 Å². The lowest BCUT2D eigenvalue weighted by atomic mass is 10.3. The number of hydrogen-bond acceptors (Lipinski definition) is 4. The number of rotatable bonds is 4. The van der Waals surface area contributed by atoms with Crippen molar-refractivity contribution < 1.29 is 19.4 Å². The average molecular weight is 186 g/mol. The van der Waals surface area contributed by atoms with Gasteiger partial charge in [-0.2, -0.15) is 0 Å². The van der Waals surface area contributed by atoms with E-state index in [1.165, 1.54) is 0 Å². The highest BCUT2D eigenvalue weighted by Crippen LogP contribution is 2.13. The van der Waals surface area contributed by atoms with Gasteiger partial charge in [0.25, 0.3) is 0 Å². The van der Waals surface area contributed by atoms with Gasteiger partial charge < -0.3 is 14.6 Å². The van der Waals surface area contributed by atoms with Gasteiger partial charge in [0.15, 0.2) is 0 Å². The van der Waals surface area contributed by atoms with Crippen molar-refractivity contribution >= 4 is 5.97 Å². The molecule has 0 saturated heterocycles. The summed E-state index contributed by atoms with van der Waals surface area (Å²) in [5, 5.41) is 9.09. The number of carbonyl (C=O) groups is 1. The highest BCUT2D eigenvalue weighted by atomic mass is 16.6. The van der Waals surface area contributed by atoms with Crippen LogP contribution in [0.25, 0.3) is 0 Å². The first-order chi connectivity index (χ1) is 6.22. The van der Waals surface area contributed by atoms with Gasteiger partial charge >= 0.3 is 5.97 Å². The molecule has 0 aliphatic heterocycles. The fraction of sp³-hybridized carbons (Fsp3) is 0.667. The number of ether oxygens (including phenoxy) is 2. The summed E-state index contributed by atoms with van der Waals surface area (Å²) in [4.78, 5) is 10.8. The van der Waals surface area contributed by atoms with E-state index in [-0.39, 0.29) is 18.7 Å². The first-order valence-electron chi connectivity index (χ1n) is 4.36. The molecule has 0 saturated carbocycles. The average Bonchev–Trinajstić information content (AvgIpc) is 2.49. The first kappa shape index (κ1) is 10.2. The second-order valence-electron chi connectivity index (χ2n) is 2.84. The van der Waals surface area contributed by atoms with Crippen LogP contribution in [0.1, 0.15) is 13.3 Å². The van der Waals surface area contributed by atoms with Crippen LogP contribution in [0.2, 0.25) is 0 Å². The number of esters is 1.